The molecular weight excluding hydrogens is 533 g/mol. The Kier molecular flexibility index (Phi) is 9.65. The summed E-state index contributed by atoms with van der Waals surface area (Å²) in [5.41, 5.74) is 2.55. The number of hydrogen-bond acceptors (Lipinski definition) is 4. The van der Waals surface area contributed by atoms with Crippen molar-refractivity contribution in [3.8, 4) is 0 Å². The number of nitrogens with one attached hydrogen (secondary N) is 2. The summed E-state index contributed by atoms with van der Waals surface area (Å²) in [7, 11) is 0. The molecule has 8 heteroatoms. The van der Waals surface area contributed by atoms with Gasteiger partial charge in [-0.15, -0.1) is 35.3 Å². The van der Waals surface area contributed by atoms with E-state index < -0.39 is 0 Å². The number of anilines is 1. The summed E-state index contributed by atoms with van der Waals surface area (Å²) < 4.78 is 0. The number of carbonyl (C=O) groups excluding carboxylic acids is 1. The molecule has 1 fully saturated rings. The third kappa shape index (κ3) is 6.60. The second-order valence-corrected chi connectivity index (χ2v) is 9.17. The van der Waals surface area contributed by atoms with Crippen molar-refractivity contribution >= 4 is 52.2 Å². The zero-order valence-electron chi connectivity index (χ0n) is 18.8. The monoisotopic (exact) mass is 567 g/mol. The van der Waals surface area contributed by atoms with Crippen molar-refractivity contribution in [3.63, 3.8) is 0 Å². The Hall–Kier alpha value is -1.81. The van der Waals surface area contributed by atoms with Crippen LogP contribution in [0.25, 0.3) is 0 Å². The molecule has 0 atom stereocenters. The van der Waals surface area contributed by atoms with Crippen molar-refractivity contribution in [2.75, 3.05) is 31.1 Å². The van der Waals surface area contributed by atoms with Crippen molar-refractivity contribution in [2.45, 2.75) is 51.7 Å². The number of amides is 1. The first-order chi connectivity index (χ1) is 15.2. The van der Waals surface area contributed by atoms with E-state index in [9.17, 15) is 4.79 Å². The number of thiophene rings is 1. The van der Waals surface area contributed by atoms with Gasteiger partial charge in [0.2, 0.25) is 5.91 Å². The van der Waals surface area contributed by atoms with Crippen LogP contribution >= 0.6 is 35.3 Å². The number of benzene rings is 1. The van der Waals surface area contributed by atoms with Gasteiger partial charge in [0.05, 0.1) is 5.00 Å². The Morgan fingerprint density at radius 1 is 1.12 bits per heavy atom. The van der Waals surface area contributed by atoms with Gasteiger partial charge >= 0.3 is 0 Å². The highest BCUT2D eigenvalue weighted by Gasteiger charge is 2.23. The lowest BCUT2D eigenvalue weighted by Gasteiger charge is -2.33. The fraction of sp³-hybridized carbons (Fsp3) is 0.500. The molecule has 1 saturated heterocycles. The van der Waals surface area contributed by atoms with Gasteiger partial charge in [-0.1, -0.05) is 24.3 Å². The highest BCUT2D eigenvalue weighted by atomic mass is 127. The van der Waals surface area contributed by atoms with E-state index in [-0.39, 0.29) is 29.9 Å². The van der Waals surface area contributed by atoms with Crippen LogP contribution in [0.1, 0.15) is 43.7 Å². The molecule has 0 saturated carbocycles. The molecule has 1 aromatic heterocycles. The highest BCUT2D eigenvalue weighted by Crippen LogP contribution is 2.25. The molecule has 2 N–H and O–H groups in total. The maximum Gasteiger partial charge on any atom is 0.223 e. The largest absolute Gasteiger partial charge is 0.363 e. The topological polar surface area (TPSA) is 60.0 Å². The number of rotatable bonds is 7. The maximum absolute atomic E-state index is 12.6. The van der Waals surface area contributed by atoms with E-state index in [1.807, 2.05) is 28.4 Å². The molecule has 1 aromatic carbocycles. The predicted molar refractivity (Wildman–Crippen MR) is 144 cm³/mol. The minimum Gasteiger partial charge on any atom is -0.363 e. The number of guanidine groups is 1. The number of piperidine rings is 1. The molecular formula is C24H34IN5OS. The quantitative estimate of drug-likeness (QED) is 0.228. The summed E-state index contributed by atoms with van der Waals surface area (Å²) >= 11 is 1.81. The minimum absolute atomic E-state index is 0. The highest BCUT2D eigenvalue weighted by molar-refractivity contribution is 14.0. The van der Waals surface area contributed by atoms with Crippen LogP contribution in [0.3, 0.4) is 0 Å². The van der Waals surface area contributed by atoms with E-state index in [0.717, 1.165) is 57.9 Å². The third-order valence-corrected chi connectivity index (χ3v) is 6.94. The Bertz CT molecular complexity index is 855. The molecule has 2 aliphatic rings. The van der Waals surface area contributed by atoms with E-state index in [1.165, 1.54) is 16.1 Å². The van der Waals surface area contributed by atoms with Crippen LogP contribution < -0.4 is 15.5 Å². The van der Waals surface area contributed by atoms with Crippen LogP contribution in [-0.4, -0.2) is 49.0 Å². The van der Waals surface area contributed by atoms with Crippen molar-refractivity contribution in [1.82, 2.24) is 15.5 Å². The minimum atomic E-state index is 0. The number of fused-ring (bicyclic) bond motifs is 1. The molecule has 0 aliphatic carbocycles. The van der Waals surface area contributed by atoms with Gasteiger partial charge in [0.15, 0.2) is 5.96 Å². The smallest absolute Gasteiger partial charge is 0.223 e. The van der Waals surface area contributed by atoms with Crippen LogP contribution in [0.4, 0.5) is 5.00 Å². The summed E-state index contributed by atoms with van der Waals surface area (Å²) in [5.74, 6) is 1.10. The zero-order valence-corrected chi connectivity index (χ0v) is 21.9. The van der Waals surface area contributed by atoms with Crippen molar-refractivity contribution in [3.05, 3.63) is 52.9 Å². The number of nitrogens with zero attached hydrogens (tertiary/aromatic N) is 3. The summed E-state index contributed by atoms with van der Waals surface area (Å²) in [6, 6.07) is 13.1. The SMILES string of the molecule is CCNC(=NCCCC(=O)N1Cc2ccccc2C1)NC1CCN(c2cccs2)CC1.I. The van der Waals surface area contributed by atoms with Gasteiger partial charge in [-0.2, -0.15) is 0 Å². The Labute approximate surface area is 212 Å². The Balaban J connectivity index is 0.00000289. The first kappa shape index (κ1) is 24.8. The van der Waals surface area contributed by atoms with E-state index >= 15 is 0 Å². The maximum atomic E-state index is 12.6. The van der Waals surface area contributed by atoms with Crippen molar-refractivity contribution < 1.29 is 4.79 Å². The number of aliphatic imine (C=N–C) groups is 1. The van der Waals surface area contributed by atoms with E-state index in [0.29, 0.717) is 19.0 Å². The van der Waals surface area contributed by atoms with Crippen LogP contribution in [-0.2, 0) is 17.9 Å². The molecule has 0 spiro atoms. The van der Waals surface area contributed by atoms with Crippen molar-refractivity contribution in [1.29, 1.82) is 0 Å². The summed E-state index contributed by atoms with van der Waals surface area (Å²) in [6.45, 7) is 7.22. The lowest BCUT2D eigenvalue weighted by Crippen LogP contribution is -2.48. The van der Waals surface area contributed by atoms with Gasteiger partial charge in [0.1, 0.15) is 0 Å². The number of carbonyl (C=O) groups is 1. The van der Waals surface area contributed by atoms with E-state index in [4.69, 9.17) is 4.99 Å². The van der Waals surface area contributed by atoms with Gasteiger partial charge in [-0.05, 0) is 54.8 Å². The van der Waals surface area contributed by atoms with Gasteiger partial charge < -0.3 is 20.4 Å². The fourth-order valence-electron chi connectivity index (χ4n) is 4.30. The third-order valence-electron chi connectivity index (χ3n) is 6.01. The molecule has 0 radical (unpaired) electrons. The lowest BCUT2D eigenvalue weighted by atomic mass is 10.1. The average molecular weight is 568 g/mol. The molecule has 0 unspecified atom stereocenters. The number of halogens is 1. The van der Waals surface area contributed by atoms with Gasteiger partial charge in [0.25, 0.3) is 0 Å². The summed E-state index contributed by atoms with van der Waals surface area (Å²) in [4.78, 5) is 21.7. The first-order valence-corrected chi connectivity index (χ1v) is 12.3. The predicted octanol–water partition coefficient (Wildman–Crippen LogP) is 4.21. The Morgan fingerprint density at radius 2 is 1.84 bits per heavy atom. The average Bonchev–Trinajstić information content (AvgIpc) is 3.47. The molecule has 6 nitrogen and oxygen atoms in total. The van der Waals surface area contributed by atoms with Crippen LogP contribution in [0.5, 0.6) is 0 Å². The second kappa shape index (κ2) is 12.4. The molecule has 2 aromatic rings. The fourth-order valence-corrected chi connectivity index (χ4v) is 5.08. The molecule has 2 aliphatic heterocycles. The normalized spacial score (nSPS) is 16.5. The van der Waals surface area contributed by atoms with E-state index in [2.05, 4.69) is 52.1 Å². The number of hydrogen-bond donors (Lipinski definition) is 2. The molecule has 174 valence electrons. The molecule has 32 heavy (non-hydrogen) atoms. The van der Waals surface area contributed by atoms with Crippen LogP contribution in [0, 0.1) is 0 Å². The van der Waals surface area contributed by atoms with Gasteiger partial charge in [0, 0.05) is 51.7 Å². The van der Waals surface area contributed by atoms with Crippen LogP contribution in [0.15, 0.2) is 46.8 Å². The molecule has 3 heterocycles. The molecule has 1 amide bonds. The second-order valence-electron chi connectivity index (χ2n) is 8.24. The van der Waals surface area contributed by atoms with Gasteiger partial charge in [-0.25, -0.2) is 0 Å². The van der Waals surface area contributed by atoms with Crippen molar-refractivity contribution in [2.24, 2.45) is 4.99 Å². The summed E-state index contributed by atoms with van der Waals surface area (Å²) in [6.07, 6.45) is 3.54. The van der Waals surface area contributed by atoms with E-state index in [1.54, 1.807) is 0 Å². The molecule has 0 bridgehead atoms. The molecule has 4 rings (SSSR count). The van der Waals surface area contributed by atoms with Gasteiger partial charge in [-0.3, -0.25) is 9.79 Å². The zero-order chi connectivity index (χ0) is 21.5. The Morgan fingerprint density at radius 3 is 2.47 bits per heavy atom. The lowest BCUT2D eigenvalue weighted by molar-refractivity contribution is -0.131. The first-order valence-electron chi connectivity index (χ1n) is 11.4. The standard InChI is InChI=1S/C24H33N5OS.HI/c1-2-25-24(27-21-11-14-28(15-12-21)23-10-6-16-31-23)26-13-5-9-22(30)29-17-19-7-3-4-8-20(19)18-29;/h3-4,6-8,10,16,21H,2,5,9,11-15,17-18H2,1H3,(H2,25,26,27);1H. The van der Waals surface area contributed by atoms with Crippen LogP contribution in [0.2, 0.25) is 0 Å². The summed E-state index contributed by atoms with van der Waals surface area (Å²) in [5, 5.41) is 10.5.